The molecule has 1 atom stereocenters. The lowest BCUT2D eigenvalue weighted by molar-refractivity contribution is -0.145. The first-order valence-electron chi connectivity index (χ1n) is 6.68. The summed E-state index contributed by atoms with van der Waals surface area (Å²) in [6.45, 7) is 6.24. The van der Waals surface area contributed by atoms with Gasteiger partial charge in [0.2, 0.25) is 0 Å². The first-order valence-corrected chi connectivity index (χ1v) is 6.68. The molecule has 1 aromatic carbocycles. The molecular weight excluding hydrogens is 240 g/mol. The molecule has 4 nitrogen and oxygen atoms in total. The second-order valence-electron chi connectivity index (χ2n) is 4.73. The predicted octanol–water partition coefficient (Wildman–Crippen LogP) is 2.94. The summed E-state index contributed by atoms with van der Waals surface area (Å²) in [7, 11) is 1.95. The van der Waals surface area contributed by atoms with Gasteiger partial charge in [0.15, 0.2) is 0 Å². The van der Waals surface area contributed by atoms with E-state index in [9.17, 15) is 4.79 Å². The van der Waals surface area contributed by atoms with E-state index in [1.807, 2.05) is 44.5 Å². The summed E-state index contributed by atoms with van der Waals surface area (Å²) < 4.78 is 7.12. The van der Waals surface area contributed by atoms with Crippen molar-refractivity contribution in [2.75, 3.05) is 6.61 Å². The number of nitrogens with zero attached hydrogens (tertiary/aromatic N) is 2. The molecule has 102 valence electrons. The average Bonchev–Trinajstić information content (AvgIpc) is 2.68. The Morgan fingerprint density at radius 2 is 2.16 bits per heavy atom. The van der Waals surface area contributed by atoms with E-state index in [4.69, 9.17) is 4.74 Å². The van der Waals surface area contributed by atoms with Crippen LogP contribution in [-0.2, 0) is 16.6 Å². The second kappa shape index (κ2) is 5.43. The van der Waals surface area contributed by atoms with Crippen molar-refractivity contribution in [3.8, 4) is 0 Å². The van der Waals surface area contributed by atoms with E-state index in [-0.39, 0.29) is 11.9 Å². The summed E-state index contributed by atoms with van der Waals surface area (Å²) in [4.78, 5) is 16.6. The van der Waals surface area contributed by atoms with Crippen LogP contribution in [0.5, 0.6) is 0 Å². The highest BCUT2D eigenvalue weighted by molar-refractivity contribution is 5.81. The quantitative estimate of drug-likeness (QED) is 0.794. The number of carbonyl (C=O) groups excluding carboxylic acids is 1. The fourth-order valence-electron chi connectivity index (χ4n) is 2.34. The van der Waals surface area contributed by atoms with Crippen LogP contribution < -0.4 is 0 Å². The predicted molar refractivity (Wildman–Crippen MR) is 75.1 cm³/mol. The number of aromatic nitrogens is 2. The van der Waals surface area contributed by atoms with Gasteiger partial charge in [-0.1, -0.05) is 13.0 Å². The molecule has 2 rings (SSSR count). The summed E-state index contributed by atoms with van der Waals surface area (Å²) in [6.07, 6.45) is 0.689. The van der Waals surface area contributed by atoms with Crippen LogP contribution in [-0.4, -0.2) is 22.1 Å². The number of hydrogen-bond acceptors (Lipinski definition) is 3. The van der Waals surface area contributed by atoms with E-state index in [0.29, 0.717) is 13.0 Å². The lowest BCUT2D eigenvalue weighted by atomic mass is 10.1. The molecule has 0 aliphatic carbocycles. The molecule has 0 saturated heterocycles. The topological polar surface area (TPSA) is 44.1 Å². The van der Waals surface area contributed by atoms with Crippen LogP contribution >= 0.6 is 0 Å². The number of esters is 1. The van der Waals surface area contributed by atoms with Gasteiger partial charge in [-0.25, -0.2) is 4.98 Å². The molecule has 0 bridgehead atoms. The van der Waals surface area contributed by atoms with Gasteiger partial charge in [0.05, 0.1) is 17.6 Å². The summed E-state index contributed by atoms with van der Waals surface area (Å²) >= 11 is 0. The van der Waals surface area contributed by atoms with Gasteiger partial charge < -0.3 is 9.30 Å². The Bertz CT molecular complexity index is 601. The lowest BCUT2D eigenvalue weighted by Gasteiger charge is -2.13. The number of benzene rings is 1. The van der Waals surface area contributed by atoms with Crippen molar-refractivity contribution in [2.45, 2.75) is 33.1 Å². The number of hydrogen-bond donors (Lipinski definition) is 0. The van der Waals surface area contributed by atoms with Crippen LogP contribution in [0.2, 0.25) is 0 Å². The monoisotopic (exact) mass is 260 g/mol. The van der Waals surface area contributed by atoms with Gasteiger partial charge in [-0.05, 0) is 38.0 Å². The summed E-state index contributed by atoms with van der Waals surface area (Å²) in [5.74, 6) is 0.291. The normalized spacial score (nSPS) is 12.6. The maximum atomic E-state index is 12.0. The summed E-state index contributed by atoms with van der Waals surface area (Å²) in [5, 5.41) is 0. The second-order valence-corrected chi connectivity index (χ2v) is 4.73. The third-order valence-electron chi connectivity index (χ3n) is 3.36. The smallest absolute Gasteiger partial charge is 0.316 e. The Balaban J connectivity index is 2.48. The molecule has 0 spiro atoms. The summed E-state index contributed by atoms with van der Waals surface area (Å²) in [6, 6.07) is 6.13. The molecule has 0 amide bonds. The van der Waals surface area contributed by atoms with E-state index in [0.717, 1.165) is 16.9 Å². The third kappa shape index (κ3) is 2.48. The number of carbonyl (C=O) groups is 1. The van der Waals surface area contributed by atoms with Crippen molar-refractivity contribution in [1.29, 1.82) is 0 Å². The first-order chi connectivity index (χ1) is 9.08. The lowest BCUT2D eigenvalue weighted by Crippen LogP contribution is -2.18. The molecule has 4 heteroatoms. The van der Waals surface area contributed by atoms with Crippen LogP contribution in [0.3, 0.4) is 0 Å². The number of fused-ring (bicyclic) bond motifs is 1. The molecule has 1 heterocycles. The van der Waals surface area contributed by atoms with Crippen LogP contribution in [0.25, 0.3) is 11.0 Å². The number of rotatable bonds is 4. The van der Waals surface area contributed by atoms with E-state index >= 15 is 0 Å². The van der Waals surface area contributed by atoms with Crippen molar-refractivity contribution < 1.29 is 9.53 Å². The zero-order valence-corrected chi connectivity index (χ0v) is 11.9. The molecule has 0 aliphatic heterocycles. The first kappa shape index (κ1) is 13.6. The molecule has 0 radical (unpaired) electrons. The Morgan fingerprint density at radius 1 is 1.42 bits per heavy atom. The maximum absolute atomic E-state index is 12.0. The summed E-state index contributed by atoms with van der Waals surface area (Å²) in [5.41, 5.74) is 3.14. The van der Waals surface area contributed by atoms with E-state index in [2.05, 4.69) is 11.1 Å². The highest BCUT2D eigenvalue weighted by Gasteiger charge is 2.25. The molecule has 2 aromatic rings. The van der Waals surface area contributed by atoms with E-state index in [1.165, 1.54) is 5.56 Å². The Labute approximate surface area is 113 Å². The molecule has 19 heavy (non-hydrogen) atoms. The van der Waals surface area contributed by atoms with Crippen molar-refractivity contribution >= 4 is 17.0 Å². The third-order valence-corrected chi connectivity index (χ3v) is 3.36. The fourth-order valence-corrected chi connectivity index (χ4v) is 2.34. The van der Waals surface area contributed by atoms with Gasteiger partial charge in [-0.2, -0.15) is 0 Å². The van der Waals surface area contributed by atoms with Gasteiger partial charge >= 0.3 is 5.97 Å². The van der Waals surface area contributed by atoms with Crippen molar-refractivity contribution in [1.82, 2.24) is 9.55 Å². The van der Waals surface area contributed by atoms with Crippen LogP contribution in [0.4, 0.5) is 0 Å². The van der Waals surface area contributed by atoms with Gasteiger partial charge in [0.25, 0.3) is 0 Å². The SMILES string of the molecule is CCOC(=O)C(CC)c1nc2cc(C)ccc2n1C. The van der Waals surface area contributed by atoms with E-state index in [1.54, 1.807) is 0 Å². The van der Waals surface area contributed by atoms with Crippen molar-refractivity contribution in [3.05, 3.63) is 29.6 Å². The highest BCUT2D eigenvalue weighted by atomic mass is 16.5. The van der Waals surface area contributed by atoms with Crippen LogP contribution in [0.15, 0.2) is 18.2 Å². The molecule has 1 unspecified atom stereocenters. The largest absolute Gasteiger partial charge is 0.465 e. The van der Waals surface area contributed by atoms with Gasteiger partial charge in [-0.15, -0.1) is 0 Å². The van der Waals surface area contributed by atoms with Gasteiger partial charge in [0.1, 0.15) is 11.7 Å². The number of imidazole rings is 1. The molecule has 1 aromatic heterocycles. The van der Waals surface area contributed by atoms with Crippen molar-refractivity contribution in [3.63, 3.8) is 0 Å². The number of aryl methyl sites for hydroxylation is 2. The Morgan fingerprint density at radius 3 is 2.79 bits per heavy atom. The van der Waals surface area contributed by atoms with Crippen molar-refractivity contribution in [2.24, 2.45) is 7.05 Å². The van der Waals surface area contributed by atoms with Crippen LogP contribution in [0.1, 0.15) is 37.6 Å². The fraction of sp³-hybridized carbons (Fsp3) is 0.467. The average molecular weight is 260 g/mol. The minimum Gasteiger partial charge on any atom is -0.465 e. The minimum absolute atomic E-state index is 0.194. The van der Waals surface area contributed by atoms with Gasteiger partial charge in [-0.3, -0.25) is 4.79 Å². The zero-order valence-electron chi connectivity index (χ0n) is 11.9. The molecular formula is C15H20N2O2. The molecule has 0 saturated carbocycles. The standard InChI is InChI=1S/C15H20N2O2/c1-5-11(15(18)19-6-2)14-16-12-9-10(3)7-8-13(12)17(14)4/h7-9,11H,5-6H2,1-4H3. The zero-order chi connectivity index (χ0) is 14.0. The molecule has 0 aliphatic rings. The van der Waals surface area contributed by atoms with E-state index < -0.39 is 0 Å². The highest BCUT2D eigenvalue weighted by Crippen LogP contribution is 2.25. The minimum atomic E-state index is -0.294. The Hall–Kier alpha value is -1.84. The Kier molecular flexibility index (Phi) is 3.88. The number of ether oxygens (including phenoxy) is 1. The molecule has 0 fully saturated rings. The molecule has 0 N–H and O–H groups in total. The van der Waals surface area contributed by atoms with Crippen LogP contribution in [0, 0.1) is 6.92 Å². The van der Waals surface area contributed by atoms with Gasteiger partial charge in [0, 0.05) is 7.05 Å². The maximum Gasteiger partial charge on any atom is 0.316 e.